The average molecular weight is 336 g/mol. The van der Waals surface area contributed by atoms with Gasteiger partial charge in [-0.15, -0.1) is 0 Å². The third-order valence-electron chi connectivity index (χ3n) is 4.71. The molecule has 3 rings (SSSR count). The van der Waals surface area contributed by atoms with Gasteiger partial charge in [0.05, 0.1) is 0 Å². The molecule has 2 aromatic rings. The number of rotatable bonds is 8. The van der Waals surface area contributed by atoms with Gasteiger partial charge in [0.15, 0.2) is 0 Å². The number of anilines is 2. The fraction of sp³-hybridized carbons (Fsp3) is 0.429. The molecule has 0 aliphatic heterocycles. The Balaban J connectivity index is 1.58. The molecule has 0 radical (unpaired) electrons. The summed E-state index contributed by atoms with van der Waals surface area (Å²) < 4.78 is 0. The zero-order chi connectivity index (χ0) is 17.3. The molecule has 0 bridgehead atoms. The van der Waals surface area contributed by atoms with Gasteiger partial charge in [0.25, 0.3) is 0 Å². The van der Waals surface area contributed by atoms with Gasteiger partial charge in [-0.05, 0) is 44.6 Å². The van der Waals surface area contributed by atoms with Crippen LogP contribution in [0.4, 0.5) is 11.6 Å². The molecular formula is C21H28N4. The highest BCUT2D eigenvalue weighted by atomic mass is 15.2. The van der Waals surface area contributed by atoms with Crippen molar-refractivity contribution in [1.29, 1.82) is 0 Å². The third kappa shape index (κ3) is 5.31. The minimum Gasteiger partial charge on any atom is -0.370 e. The second kappa shape index (κ2) is 9.21. The highest BCUT2D eigenvalue weighted by molar-refractivity contribution is 5.48. The van der Waals surface area contributed by atoms with Crippen molar-refractivity contribution in [3.8, 4) is 0 Å². The number of hydrogen-bond donors (Lipinski definition) is 1. The van der Waals surface area contributed by atoms with E-state index >= 15 is 0 Å². The van der Waals surface area contributed by atoms with Crippen molar-refractivity contribution in [3.05, 3.63) is 59.9 Å². The lowest BCUT2D eigenvalue weighted by Gasteiger charge is -2.22. The molecule has 25 heavy (non-hydrogen) atoms. The van der Waals surface area contributed by atoms with Gasteiger partial charge in [0.2, 0.25) is 0 Å². The van der Waals surface area contributed by atoms with E-state index in [1.54, 1.807) is 11.9 Å². The van der Waals surface area contributed by atoms with Crippen LogP contribution in [0, 0.1) is 0 Å². The molecule has 0 spiro atoms. The molecule has 0 fully saturated rings. The topological polar surface area (TPSA) is 41.0 Å². The van der Waals surface area contributed by atoms with Crippen LogP contribution in [0.3, 0.4) is 0 Å². The van der Waals surface area contributed by atoms with Gasteiger partial charge in [-0.1, -0.05) is 42.0 Å². The lowest BCUT2D eigenvalue weighted by Crippen LogP contribution is -2.23. The smallest absolute Gasteiger partial charge is 0.134 e. The number of hydrogen-bond acceptors (Lipinski definition) is 4. The fourth-order valence-electron chi connectivity index (χ4n) is 3.26. The number of nitrogens with one attached hydrogen (secondary N) is 1. The van der Waals surface area contributed by atoms with E-state index in [-0.39, 0.29) is 0 Å². The Hall–Kier alpha value is -2.36. The molecule has 0 amide bonds. The largest absolute Gasteiger partial charge is 0.370 e. The van der Waals surface area contributed by atoms with Gasteiger partial charge in [-0.25, -0.2) is 9.97 Å². The molecule has 0 unspecified atom stereocenters. The Labute approximate surface area is 151 Å². The highest BCUT2D eigenvalue weighted by Crippen LogP contribution is 2.21. The molecule has 0 saturated heterocycles. The second-order valence-corrected chi connectivity index (χ2v) is 6.55. The van der Waals surface area contributed by atoms with Crippen LogP contribution in [-0.2, 0) is 6.54 Å². The predicted octanol–water partition coefficient (Wildman–Crippen LogP) is 4.81. The van der Waals surface area contributed by atoms with E-state index in [1.807, 2.05) is 6.07 Å². The first kappa shape index (κ1) is 17.5. The Bertz CT molecular complexity index is 681. The van der Waals surface area contributed by atoms with Crippen molar-refractivity contribution in [2.24, 2.45) is 0 Å². The summed E-state index contributed by atoms with van der Waals surface area (Å²) in [5, 5.41) is 3.46. The third-order valence-corrected chi connectivity index (χ3v) is 4.71. The van der Waals surface area contributed by atoms with Crippen molar-refractivity contribution in [3.63, 3.8) is 0 Å². The van der Waals surface area contributed by atoms with E-state index in [9.17, 15) is 0 Å². The van der Waals surface area contributed by atoms with Crippen LogP contribution in [0.2, 0.25) is 0 Å². The molecule has 1 heterocycles. The van der Waals surface area contributed by atoms with Crippen molar-refractivity contribution >= 4 is 11.6 Å². The van der Waals surface area contributed by atoms with Gasteiger partial charge in [0.1, 0.15) is 18.0 Å². The molecular weight excluding hydrogens is 308 g/mol. The van der Waals surface area contributed by atoms with E-state index in [1.165, 1.54) is 31.2 Å². The molecule has 4 heteroatoms. The standard InChI is InChI=1S/C21H28N4/c1-2-25(16-19-11-7-4-8-12-19)21-15-20(23-17-24-21)22-14-13-18-9-5-3-6-10-18/h4,7-9,11-12,15,17H,2-3,5-6,10,13-14,16H2,1H3,(H,22,23,24). The van der Waals surface area contributed by atoms with Gasteiger partial charge in [-0.3, -0.25) is 0 Å². The van der Waals surface area contributed by atoms with Crippen LogP contribution in [0.25, 0.3) is 0 Å². The summed E-state index contributed by atoms with van der Waals surface area (Å²) in [5.74, 6) is 1.88. The normalized spacial score (nSPS) is 14.0. The van der Waals surface area contributed by atoms with Crippen LogP contribution >= 0.6 is 0 Å². The lowest BCUT2D eigenvalue weighted by molar-refractivity contribution is 0.679. The van der Waals surface area contributed by atoms with Crippen molar-refractivity contribution in [2.75, 3.05) is 23.3 Å². The maximum Gasteiger partial charge on any atom is 0.134 e. The number of benzene rings is 1. The van der Waals surface area contributed by atoms with Crippen LogP contribution in [0.15, 0.2) is 54.4 Å². The maximum absolute atomic E-state index is 4.47. The Morgan fingerprint density at radius 2 is 2.00 bits per heavy atom. The molecule has 132 valence electrons. The summed E-state index contributed by atoms with van der Waals surface area (Å²) in [5.41, 5.74) is 2.88. The minimum absolute atomic E-state index is 0.862. The minimum atomic E-state index is 0.862. The van der Waals surface area contributed by atoms with Crippen molar-refractivity contribution < 1.29 is 0 Å². The van der Waals surface area contributed by atoms with E-state index in [4.69, 9.17) is 0 Å². The first-order valence-electron chi connectivity index (χ1n) is 9.38. The highest BCUT2D eigenvalue weighted by Gasteiger charge is 2.09. The van der Waals surface area contributed by atoms with E-state index in [0.717, 1.165) is 37.7 Å². The van der Waals surface area contributed by atoms with E-state index < -0.39 is 0 Å². The molecule has 0 saturated carbocycles. The zero-order valence-corrected chi connectivity index (χ0v) is 15.1. The Morgan fingerprint density at radius 1 is 1.12 bits per heavy atom. The first-order chi connectivity index (χ1) is 12.3. The van der Waals surface area contributed by atoms with Crippen LogP contribution < -0.4 is 10.2 Å². The summed E-state index contributed by atoms with van der Waals surface area (Å²) in [7, 11) is 0. The van der Waals surface area contributed by atoms with Crippen LogP contribution in [0.1, 0.15) is 44.6 Å². The summed E-state index contributed by atoms with van der Waals surface area (Å²) in [6.07, 6.45) is 10.4. The van der Waals surface area contributed by atoms with E-state index in [2.05, 4.69) is 63.5 Å². The zero-order valence-electron chi connectivity index (χ0n) is 15.1. The molecule has 1 N–H and O–H groups in total. The van der Waals surface area contributed by atoms with Gasteiger partial charge in [-0.2, -0.15) is 0 Å². The summed E-state index contributed by atoms with van der Waals surface area (Å²) in [4.78, 5) is 11.1. The molecule has 1 aliphatic rings. The summed E-state index contributed by atoms with van der Waals surface area (Å²) in [6.45, 7) is 4.87. The second-order valence-electron chi connectivity index (χ2n) is 6.55. The molecule has 4 nitrogen and oxygen atoms in total. The maximum atomic E-state index is 4.47. The average Bonchev–Trinajstić information content (AvgIpc) is 2.68. The molecule has 0 atom stereocenters. The first-order valence-corrected chi connectivity index (χ1v) is 9.38. The quantitative estimate of drug-likeness (QED) is 0.703. The Kier molecular flexibility index (Phi) is 6.43. The molecule has 1 aromatic carbocycles. The Morgan fingerprint density at radius 3 is 2.76 bits per heavy atom. The lowest BCUT2D eigenvalue weighted by atomic mass is 9.97. The summed E-state index contributed by atoms with van der Waals surface area (Å²) in [6, 6.07) is 12.6. The van der Waals surface area contributed by atoms with Gasteiger partial charge >= 0.3 is 0 Å². The van der Waals surface area contributed by atoms with Crippen LogP contribution in [-0.4, -0.2) is 23.1 Å². The number of allylic oxidation sites excluding steroid dienone is 1. The summed E-state index contributed by atoms with van der Waals surface area (Å²) >= 11 is 0. The molecule has 1 aromatic heterocycles. The monoisotopic (exact) mass is 336 g/mol. The van der Waals surface area contributed by atoms with E-state index in [0.29, 0.717) is 0 Å². The molecule has 1 aliphatic carbocycles. The van der Waals surface area contributed by atoms with Gasteiger partial charge < -0.3 is 10.2 Å². The predicted molar refractivity (Wildman–Crippen MR) is 105 cm³/mol. The van der Waals surface area contributed by atoms with Gasteiger partial charge in [0, 0.05) is 25.7 Å². The van der Waals surface area contributed by atoms with Crippen molar-refractivity contribution in [2.45, 2.75) is 45.6 Å². The number of nitrogens with zero attached hydrogens (tertiary/aromatic N) is 3. The van der Waals surface area contributed by atoms with Crippen molar-refractivity contribution in [1.82, 2.24) is 9.97 Å². The SMILES string of the molecule is CCN(Cc1ccccc1)c1cc(NCCC2=CCCCC2)ncn1. The van der Waals surface area contributed by atoms with Crippen LogP contribution in [0.5, 0.6) is 0 Å². The number of aromatic nitrogens is 2. The fourth-order valence-corrected chi connectivity index (χ4v) is 3.26.